The smallest absolute Gasteiger partial charge is 0.325 e. The molecule has 3 amide bonds. The van der Waals surface area contributed by atoms with Gasteiger partial charge in [-0.25, -0.2) is 13.2 Å². The highest BCUT2D eigenvalue weighted by Crippen LogP contribution is 2.16. The fourth-order valence-electron chi connectivity index (χ4n) is 2.36. The molecular weight excluding hydrogens is 442 g/mol. The molecule has 0 aromatic heterocycles. The van der Waals surface area contributed by atoms with Crippen molar-refractivity contribution in [2.75, 3.05) is 26.1 Å². The summed E-state index contributed by atoms with van der Waals surface area (Å²) in [5.74, 6) is -0.823. The Hall–Kier alpha value is -3.64. The number of rotatable bonds is 9. The lowest BCUT2D eigenvalue weighted by atomic mass is 10.3. The fraction of sp³-hybridized carbons (Fsp3) is 0.250. The van der Waals surface area contributed by atoms with E-state index < -0.39 is 40.6 Å². The quantitative estimate of drug-likeness (QED) is 0.469. The lowest BCUT2D eigenvalue weighted by Gasteiger charge is -2.14. The largest absolute Gasteiger partial charge is 0.497 e. The number of hydrogen-bond donors (Lipinski definition) is 3. The molecule has 0 bridgehead atoms. The molecular formula is C20H23N3O8S. The van der Waals surface area contributed by atoms with Gasteiger partial charge in [-0.1, -0.05) is 0 Å². The van der Waals surface area contributed by atoms with E-state index in [2.05, 4.69) is 10.0 Å². The van der Waals surface area contributed by atoms with Gasteiger partial charge in [-0.2, -0.15) is 4.72 Å². The number of benzene rings is 2. The van der Waals surface area contributed by atoms with E-state index in [1.807, 2.05) is 5.32 Å². The van der Waals surface area contributed by atoms with Gasteiger partial charge in [0.15, 0.2) is 6.61 Å². The second kappa shape index (κ2) is 11.1. The van der Waals surface area contributed by atoms with E-state index in [0.717, 1.165) is 0 Å². The normalized spacial score (nSPS) is 11.7. The van der Waals surface area contributed by atoms with Crippen LogP contribution >= 0.6 is 0 Å². The predicted molar refractivity (Wildman–Crippen MR) is 114 cm³/mol. The third kappa shape index (κ3) is 7.25. The Kier molecular flexibility index (Phi) is 8.55. The summed E-state index contributed by atoms with van der Waals surface area (Å²) < 4.78 is 41.6. The minimum atomic E-state index is -4.01. The topological polar surface area (TPSA) is 149 Å². The number of amides is 3. The molecule has 0 aliphatic carbocycles. The highest BCUT2D eigenvalue weighted by atomic mass is 32.2. The Morgan fingerprint density at radius 1 is 0.906 bits per heavy atom. The van der Waals surface area contributed by atoms with E-state index in [4.69, 9.17) is 14.2 Å². The van der Waals surface area contributed by atoms with Crippen LogP contribution in [0.4, 0.5) is 10.5 Å². The van der Waals surface area contributed by atoms with Crippen molar-refractivity contribution in [2.45, 2.75) is 17.9 Å². The Labute approximate surface area is 185 Å². The van der Waals surface area contributed by atoms with Gasteiger partial charge in [0, 0.05) is 5.69 Å². The molecule has 1 unspecified atom stereocenters. The molecule has 0 aliphatic heterocycles. The van der Waals surface area contributed by atoms with Crippen LogP contribution in [0.2, 0.25) is 0 Å². The Bertz CT molecular complexity index is 1050. The van der Waals surface area contributed by atoms with Crippen molar-refractivity contribution in [3.05, 3.63) is 48.5 Å². The third-order valence-electron chi connectivity index (χ3n) is 4.00. The van der Waals surface area contributed by atoms with Crippen LogP contribution in [0.1, 0.15) is 6.92 Å². The molecule has 0 spiro atoms. The van der Waals surface area contributed by atoms with Crippen LogP contribution < -0.4 is 24.8 Å². The molecule has 1 atom stereocenters. The van der Waals surface area contributed by atoms with Gasteiger partial charge < -0.3 is 19.5 Å². The molecule has 0 radical (unpaired) electrons. The van der Waals surface area contributed by atoms with Gasteiger partial charge in [0.25, 0.3) is 5.91 Å². The molecule has 2 rings (SSSR count). The number of esters is 1. The van der Waals surface area contributed by atoms with Gasteiger partial charge in [-0.3, -0.25) is 14.9 Å². The summed E-state index contributed by atoms with van der Waals surface area (Å²) in [6, 6.07) is 9.81. The minimum absolute atomic E-state index is 0.0779. The van der Waals surface area contributed by atoms with E-state index >= 15 is 0 Å². The van der Waals surface area contributed by atoms with Crippen molar-refractivity contribution in [2.24, 2.45) is 0 Å². The number of sulfonamides is 1. The average molecular weight is 465 g/mol. The number of carbonyl (C=O) groups is 3. The number of methoxy groups -OCH3 is 2. The van der Waals surface area contributed by atoms with Crippen molar-refractivity contribution in [1.29, 1.82) is 0 Å². The second-order valence-corrected chi connectivity index (χ2v) is 8.07. The molecule has 12 heteroatoms. The maximum atomic E-state index is 12.3. The first-order valence-electron chi connectivity index (χ1n) is 9.22. The van der Waals surface area contributed by atoms with Crippen molar-refractivity contribution in [3.63, 3.8) is 0 Å². The molecule has 0 saturated heterocycles. The molecule has 2 aromatic carbocycles. The predicted octanol–water partition coefficient (Wildman–Crippen LogP) is 1.26. The van der Waals surface area contributed by atoms with E-state index in [-0.39, 0.29) is 4.90 Å². The zero-order chi connectivity index (χ0) is 23.7. The molecule has 0 saturated carbocycles. The first kappa shape index (κ1) is 24.6. The Morgan fingerprint density at radius 3 is 1.97 bits per heavy atom. The summed E-state index contributed by atoms with van der Waals surface area (Å²) in [5, 5.41) is 4.41. The van der Waals surface area contributed by atoms with Crippen molar-refractivity contribution < 1.29 is 37.0 Å². The molecule has 32 heavy (non-hydrogen) atoms. The van der Waals surface area contributed by atoms with Gasteiger partial charge in [0.05, 0.1) is 19.1 Å². The fourth-order valence-corrected chi connectivity index (χ4v) is 3.56. The summed E-state index contributed by atoms with van der Waals surface area (Å²) in [6.45, 7) is 0.487. The standard InChI is InChI=1S/C20H23N3O8S/c1-13(23-32(27,28)17-10-8-16(30-3)9-11-17)19(25)31-12-18(24)22-20(26)21-14-4-6-15(29-2)7-5-14/h4-11,13,23H,12H2,1-3H3,(H2,21,22,24,26). The molecule has 0 aliphatic rings. The van der Waals surface area contributed by atoms with E-state index in [0.29, 0.717) is 17.2 Å². The van der Waals surface area contributed by atoms with Gasteiger partial charge in [-0.15, -0.1) is 0 Å². The second-order valence-electron chi connectivity index (χ2n) is 6.36. The van der Waals surface area contributed by atoms with Crippen LogP contribution in [0.5, 0.6) is 11.5 Å². The number of hydrogen-bond acceptors (Lipinski definition) is 8. The van der Waals surface area contributed by atoms with Gasteiger partial charge >= 0.3 is 12.0 Å². The highest BCUT2D eigenvalue weighted by Gasteiger charge is 2.24. The van der Waals surface area contributed by atoms with E-state index in [1.54, 1.807) is 24.3 Å². The molecule has 0 heterocycles. The zero-order valence-corrected chi connectivity index (χ0v) is 18.4. The summed E-state index contributed by atoms with van der Waals surface area (Å²) in [6.07, 6.45) is 0. The number of carbonyl (C=O) groups excluding carboxylic acids is 3. The lowest BCUT2D eigenvalue weighted by molar-refractivity contribution is -0.149. The first-order valence-corrected chi connectivity index (χ1v) is 10.7. The van der Waals surface area contributed by atoms with Crippen LogP contribution in [0.3, 0.4) is 0 Å². The van der Waals surface area contributed by atoms with Gasteiger partial charge in [-0.05, 0) is 55.5 Å². The summed E-state index contributed by atoms with van der Waals surface area (Å²) in [5.41, 5.74) is 0.412. The van der Waals surface area contributed by atoms with Gasteiger partial charge in [0.1, 0.15) is 17.5 Å². The highest BCUT2D eigenvalue weighted by molar-refractivity contribution is 7.89. The van der Waals surface area contributed by atoms with Crippen LogP contribution in [0.25, 0.3) is 0 Å². The number of ether oxygens (including phenoxy) is 3. The third-order valence-corrected chi connectivity index (χ3v) is 5.56. The molecule has 0 fully saturated rings. The monoisotopic (exact) mass is 465 g/mol. The number of urea groups is 1. The molecule has 2 aromatic rings. The lowest BCUT2D eigenvalue weighted by Crippen LogP contribution is -2.42. The van der Waals surface area contributed by atoms with E-state index in [1.165, 1.54) is 45.4 Å². The van der Waals surface area contributed by atoms with Crippen molar-refractivity contribution >= 4 is 33.6 Å². The van der Waals surface area contributed by atoms with Gasteiger partial charge in [0.2, 0.25) is 10.0 Å². The number of nitrogens with one attached hydrogen (secondary N) is 3. The molecule has 3 N–H and O–H groups in total. The Balaban J connectivity index is 1.80. The van der Waals surface area contributed by atoms with Crippen LogP contribution in [0.15, 0.2) is 53.4 Å². The molecule has 172 valence electrons. The number of imide groups is 1. The van der Waals surface area contributed by atoms with Crippen LogP contribution in [-0.2, 0) is 24.3 Å². The Morgan fingerprint density at radius 2 is 1.44 bits per heavy atom. The van der Waals surface area contributed by atoms with Crippen LogP contribution in [-0.4, -0.2) is 53.2 Å². The van der Waals surface area contributed by atoms with Crippen molar-refractivity contribution in [1.82, 2.24) is 10.0 Å². The summed E-state index contributed by atoms with van der Waals surface area (Å²) in [7, 11) is -1.06. The van der Waals surface area contributed by atoms with Crippen LogP contribution in [0, 0.1) is 0 Å². The SMILES string of the molecule is COc1ccc(NC(=O)NC(=O)COC(=O)C(C)NS(=O)(=O)c2ccc(OC)cc2)cc1. The zero-order valence-electron chi connectivity index (χ0n) is 17.6. The van der Waals surface area contributed by atoms with Crippen molar-refractivity contribution in [3.8, 4) is 11.5 Å². The van der Waals surface area contributed by atoms with E-state index in [9.17, 15) is 22.8 Å². The molecule has 11 nitrogen and oxygen atoms in total. The maximum Gasteiger partial charge on any atom is 0.325 e. The average Bonchev–Trinajstić information content (AvgIpc) is 2.77. The maximum absolute atomic E-state index is 12.3. The summed E-state index contributed by atoms with van der Waals surface area (Å²) >= 11 is 0. The first-order chi connectivity index (χ1) is 15.1. The minimum Gasteiger partial charge on any atom is -0.497 e. The summed E-state index contributed by atoms with van der Waals surface area (Å²) in [4.78, 5) is 35.6. The number of anilines is 1.